The molecule has 0 aromatic carbocycles. The van der Waals surface area contributed by atoms with Crippen molar-refractivity contribution in [3.05, 3.63) is 0 Å². The van der Waals surface area contributed by atoms with Crippen molar-refractivity contribution in [3.63, 3.8) is 0 Å². The fourth-order valence-electron chi connectivity index (χ4n) is 0.778. The second-order valence-corrected chi connectivity index (χ2v) is 2.82. The first-order chi connectivity index (χ1) is 7.74. The number of alkyl halides is 5. The summed E-state index contributed by atoms with van der Waals surface area (Å²) in [4.78, 5) is 0. The van der Waals surface area contributed by atoms with Gasteiger partial charge in [-0.1, -0.05) is 0 Å². The van der Waals surface area contributed by atoms with Gasteiger partial charge in [0.25, 0.3) is 0 Å². The van der Waals surface area contributed by atoms with Gasteiger partial charge in [0.05, 0.1) is 19.8 Å². The lowest BCUT2D eigenvalue weighted by molar-refractivity contribution is -0.426. The fraction of sp³-hybridized carbons (Fsp3) is 1.00. The smallest absolute Gasteiger partial charge is 0.394 e. The molecule has 0 bridgehead atoms. The van der Waals surface area contributed by atoms with Crippen LogP contribution < -0.4 is 0 Å². The van der Waals surface area contributed by atoms with E-state index < -0.39 is 31.8 Å². The molecule has 1 atom stereocenters. The van der Waals surface area contributed by atoms with E-state index in [1.165, 1.54) is 6.92 Å². The Morgan fingerprint density at radius 2 is 1.76 bits per heavy atom. The molecule has 1 N–H and O–H groups in total. The molecule has 0 aromatic rings. The molecule has 0 aliphatic rings. The van der Waals surface area contributed by atoms with Crippen molar-refractivity contribution in [2.75, 3.05) is 26.4 Å². The normalized spacial score (nSPS) is 15.0. The van der Waals surface area contributed by atoms with Crippen molar-refractivity contribution in [2.45, 2.75) is 25.5 Å². The van der Waals surface area contributed by atoms with E-state index in [1.807, 2.05) is 0 Å². The molecule has 104 valence electrons. The fourth-order valence-corrected chi connectivity index (χ4v) is 0.778. The molecular weight excluding hydrogens is 255 g/mol. The van der Waals surface area contributed by atoms with Crippen LogP contribution in [-0.4, -0.2) is 50.1 Å². The summed E-state index contributed by atoms with van der Waals surface area (Å²) in [5.41, 5.74) is 0. The maximum absolute atomic E-state index is 12.5. The molecule has 0 fully saturated rings. The standard InChI is InChI=1S/C8H13F5O4/c1-2-16-6(5-15-4-3-14)17-8(12,13)7(9,10)11/h6,14H,2-5H2,1H3. The van der Waals surface area contributed by atoms with Gasteiger partial charge >= 0.3 is 12.3 Å². The van der Waals surface area contributed by atoms with Gasteiger partial charge in [-0.3, -0.25) is 4.74 Å². The molecule has 9 heteroatoms. The topological polar surface area (TPSA) is 47.9 Å². The van der Waals surface area contributed by atoms with Crippen LogP contribution in [0.4, 0.5) is 22.0 Å². The molecule has 0 rings (SSSR count). The van der Waals surface area contributed by atoms with Crippen molar-refractivity contribution >= 4 is 0 Å². The first kappa shape index (κ1) is 16.5. The summed E-state index contributed by atoms with van der Waals surface area (Å²) in [6, 6.07) is 0. The van der Waals surface area contributed by atoms with Gasteiger partial charge in [-0.05, 0) is 6.92 Å². The van der Waals surface area contributed by atoms with Crippen LogP contribution in [-0.2, 0) is 14.2 Å². The highest BCUT2D eigenvalue weighted by atomic mass is 19.4. The molecule has 0 aliphatic carbocycles. The molecule has 0 radical (unpaired) electrons. The number of rotatable bonds is 8. The molecule has 1 unspecified atom stereocenters. The van der Waals surface area contributed by atoms with Gasteiger partial charge in [-0.2, -0.15) is 22.0 Å². The highest BCUT2D eigenvalue weighted by Gasteiger charge is 2.60. The van der Waals surface area contributed by atoms with E-state index in [2.05, 4.69) is 14.2 Å². The van der Waals surface area contributed by atoms with E-state index in [4.69, 9.17) is 5.11 Å². The Labute approximate surface area is 94.3 Å². The summed E-state index contributed by atoms with van der Waals surface area (Å²) >= 11 is 0. The van der Waals surface area contributed by atoms with Crippen LogP contribution in [0, 0.1) is 0 Å². The van der Waals surface area contributed by atoms with Gasteiger partial charge in [0.2, 0.25) is 0 Å². The van der Waals surface area contributed by atoms with Crippen molar-refractivity contribution < 1.29 is 41.3 Å². The monoisotopic (exact) mass is 268 g/mol. The van der Waals surface area contributed by atoms with E-state index in [1.54, 1.807) is 0 Å². The maximum atomic E-state index is 12.5. The molecule has 0 aromatic heterocycles. The molecule has 0 saturated heterocycles. The molecule has 17 heavy (non-hydrogen) atoms. The third-order valence-corrected chi connectivity index (χ3v) is 1.45. The van der Waals surface area contributed by atoms with Crippen LogP contribution in [0.5, 0.6) is 0 Å². The highest BCUT2D eigenvalue weighted by molar-refractivity contribution is 4.65. The predicted octanol–water partition coefficient (Wildman–Crippen LogP) is 1.53. The van der Waals surface area contributed by atoms with E-state index in [0.717, 1.165) is 0 Å². The molecule has 0 saturated carbocycles. The van der Waals surface area contributed by atoms with Crippen molar-refractivity contribution in [1.82, 2.24) is 0 Å². The lowest BCUT2D eigenvalue weighted by atomic mass is 10.5. The maximum Gasteiger partial charge on any atom is 0.483 e. The number of halogens is 5. The summed E-state index contributed by atoms with van der Waals surface area (Å²) < 4.78 is 73.0. The number of hydrogen-bond acceptors (Lipinski definition) is 4. The van der Waals surface area contributed by atoms with Crippen LogP contribution in [0.1, 0.15) is 6.92 Å². The molecule has 0 aliphatic heterocycles. The third-order valence-electron chi connectivity index (χ3n) is 1.45. The Hall–Kier alpha value is -0.510. The molecule has 0 amide bonds. The van der Waals surface area contributed by atoms with Gasteiger partial charge in [-0.25, -0.2) is 0 Å². The summed E-state index contributed by atoms with van der Waals surface area (Å²) in [6.45, 7) is 0.0221. The quantitative estimate of drug-likeness (QED) is 0.412. The summed E-state index contributed by atoms with van der Waals surface area (Å²) in [7, 11) is 0. The Bertz CT molecular complexity index is 209. The number of aliphatic hydroxyl groups excluding tert-OH is 1. The zero-order chi connectivity index (χ0) is 13.5. The first-order valence-corrected chi connectivity index (χ1v) is 4.67. The number of hydrogen-bond donors (Lipinski definition) is 1. The largest absolute Gasteiger partial charge is 0.483 e. The average Bonchev–Trinajstić information content (AvgIpc) is 2.16. The molecule has 4 nitrogen and oxygen atoms in total. The first-order valence-electron chi connectivity index (χ1n) is 4.67. The SMILES string of the molecule is CCOC(COCCO)OC(F)(F)C(F)(F)F. The number of ether oxygens (including phenoxy) is 3. The van der Waals surface area contributed by atoms with E-state index >= 15 is 0 Å². The second kappa shape index (κ2) is 7.04. The van der Waals surface area contributed by atoms with E-state index in [-0.39, 0.29) is 13.2 Å². The van der Waals surface area contributed by atoms with Gasteiger partial charge < -0.3 is 14.6 Å². The van der Waals surface area contributed by atoms with E-state index in [0.29, 0.717) is 0 Å². The highest BCUT2D eigenvalue weighted by Crippen LogP contribution is 2.37. The van der Waals surface area contributed by atoms with Crippen LogP contribution in [0.25, 0.3) is 0 Å². The minimum atomic E-state index is -5.82. The van der Waals surface area contributed by atoms with Gasteiger partial charge in [0.1, 0.15) is 0 Å². The molecule has 0 heterocycles. The molecular formula is C8H13F5O4. The lowest BCUT2D eigenvalue weighted by Gasteiger charge is -2.25. The van der Waals surface area contributed by atoms with Gasteiger partial charge in [-0.15, -0.1) is 0 Å². The molecule has 0 spiro atoms. The van der Waals surface area contributed by atoms with Crippen molar-refractivity contribution in [3.8, 4) is 0 Å². The average molecular weight is 268 g/mol. The number of aliphatic hydroxyl groups is 1. The lowest BCUT2D eigenvalue weighted by Crippen LogP contribution is -2.44. The van der Waals surface area contributed by atoms with Crippen LogP contribution in [0.3, 0.4) is 0 Å². The Kier molecular flexibility index (Phi) is 6.83. The van der Waals surface area contributed by atoms with Gasteiger partial charge in [0, 0.05) is 6.61 Å². The van der Waals surface area contributed by atoms with Crippen molar-refractivity contribution in [2.24, 2.45) is 0 Å². The summed E-state index contributed by atoms with van der Waals surface area (Å²) in [5.74, 6) is 0. The second-order valence-electron chi connectivity index (χ2n) is 2.82. The third kappa shape index (κ3) is 6.10. The zero-order valence-electron chi connectivity index (χ0n) is 8.97. The summed E-state index contributed by atoms with van der Waals surface area (Å²) in [6.07, 6.45) is -13.0. The van der Waals surface area contributed by atoms with Crippen molar-refractivity contribution in [1.29, 1.82) is 0 Å². The van der Waals surface area contributed by atoms with Crippen LogP contribution >= 0.6 is 0 Å². The predicted molar refractivity (Wildman–Crippen MR) is 45.4 cm³/mol. The van der Waals surface area contributed by atoms with Crippen LogP contribution in [0.2, 0.25) is 0 Å². The Morgan fingerprint density at radius 3 is 2.18 bits per heavy atom. The Morgan fingerprint density at radius 1 is 1.18 bits per heavy atom. The summed E-state index contributed by atoms with van der Waals surface area (Å²) in [5, 5.41) is 8.34. The zero-order valence-corrected chi connectivity index (χ0v) is 8.97. The minimum absolute atomic E-state index is 0.124. The minimum Gasteiger partial charge on any atom is -0.394 e. The van der Waals surface area contributed by atoms with Crippen LogP contribution in [0.15, 0.2) is 0 Å². The van der Waals surface area contributed by atoms with E-state index in [9.17, 15) is 22.0 Å². The Balaban J connectivity index is 4.32. The van der Waals surface area contributed by atoms with Gasteiger partial charge in [0.15, 0.2) is 6.29 Å².